The van der Waals surface area contributed by atoms with Gasteiger partial charge in [-0.3, -0.25) is 14.9 Å². The number of nitrogens with one attached hydrogen (secondary N) is 1. The first-order chi connectivity index (χ1) is 8.68. The van der Waals surface area contributed by atoms with Gasteiger partial charge in [0.25, 0.3) is 5.91 Å². The van der Waals surface area contributed by atoms with E-state index in [0.717, 1.165) is 5.69 Å². The minimum Gasteiger partial charge on any atom is -0.383 e. The van der Waals surface area contributed by atoms with E-state index in [1.807, 2.05) is 18.2 Å². The van der Waals surface area contributed by atoms with Crippen molar-refractivity contribution in [2.45, 2.75) is 6.42 Å². The Hall–Kier alpha value is -2.37. The fraction of sp³-hybridized carbons (Fsp3) is 0.250. The fourth-order valence-corrected chi connectivity index (χ4v) is 1.60. The van der Waals surface area contributed by atoms with Gasteiger partial charge in [0.15, 0.2) is 0 Å². The normalized spacial score (nSPS) is 10.3. The number of rotatable bonds is 4. The summed E-state index contributed by atoms with van der Waals surface area (Å²) in [6, 6.07) is 5.73. The van der Waals surface area contributed by atoms with Crippen LogP contribution in [-0.4, -0.2) is 39.6 Å². The van der Waals surface area contributed by atoms with E-state index in [0.29, 0.717) is 24.3 Å². The van der Waals surface area contributed by atoms with Gasteiger partial charge in [-0.1, -0.05) is 6.07 Å². The molecule has 1 amide bonds. The van der Waals surface area contributed by atoms with Gasteiger partial charge in [-0.2, -0.15) is 5.10 Å². The molecule has 2 heterocycles. The van der Waals surface area contributed by atoms with E-state index in [1.165, 1.54) is 6.20 Å². The number of nitrogens with zero attached hydrogens (tertiary/aromatic N) is 3. The molecule has 6 heteroatoms. The third-order valence-corrected chi connectivity index (χ3v) is 2.68. The molecular weight excluding hydrogens is 230 g/mol. The number of carbonyl (C=O) groups excluding carboxylic acids is 1. The Labute approximate surface area is 105 Å². The van der Waals surface area contributed by atoms with Gasteiger partial charge in [0.2, 0.25) is 0 Å². The maximum Gasteiger partial charge on any atom is 0.258 e. The predicted octanol–water partition coefficient (Wildman–Crippen LogP) is 0.702. The second-order valence-electron chi connectivity index (χ2n) is 4.00. The van der Waals surface area contributed by atoms with E-state index in [9.17, 15) is 4.79 Å². The van der Waals surface area contributed by atoms with Crippen LogP contribution in [0.15, 0.2) is 30.6 Å². The average Bonchev–Trinajstić information content (AvgIpc) is 2.82. The van der Waals surface area contributed by atoms with Crippen LogP contribution in [0.25, 0.3) is 0 Å². The number of carbonyl (C=O) groups is 1. The van der Waals surface area contributed by atoms with Crippen molar-refractivity contribution in [3.05, 3.63) is 41.9 Å². The lowest BCUT2D eigenvalue weighted by Gasteiger charge is -2.16. The second-order valence-corrected chi connectivity index (χ2v) is 4.00. The molecule has 0 aliphatic rings. The minimum atomic E-state index is -0.141. The predicted molar refractivity (Wildman–Crippen MR) is 67.9 cm³/mol. The second kappa shape index (κ2) is 5.31. The summed E-state index contributed by atoms with van der Waals surface area (Å²) in [7, 11) is 1.73. The number of nitrogens with two attached hydrogens (primary N) is 1. The summed E-state index contributed by atoms with van der Waals surface area (Å²) < 4.78 is 0. The molecule has 94 valence electrons. The van der Waals surface area contributed by atoms with Crippen LogP contribution < -0.4 is 5.73 Å². The van der Waals surface area contributed by atoms with Crippen LogP contribution in [0.4, 0.5) is 5.82 Å². The number of amides is 1. The maximum absolute atomic E-state index is 12.0. The molecule has 0 saturated carbocycles. The Morgan fingerprint density at radius 1 is 1.50 bits per heavy atom. The van der Waals surface area contributed by atoms with Crippen molar-refractivity contribution in [1.29, 1.82) is 0 Å². The van der Waals surface area contributed by atoms with Gasteiger partial charge >= 0.3 is 0 Å². The number of nitrogen functional groups attached to an aromatic ring is 1. The Morgan fingerprint density at radius 3 is 2.94 bits per heavy atom. The Kier molecular flexibility index (Phi) is 3.57. The summed E-state index contributed by atoms with van der Waals surface area (Å²) in [6.45, 7) is 0.584. The Bertz CT molecular complexity index is 522. The van der Waals surface area contributed by atoms with Gasteiger partial charge in [-0.15, -0.1) is 0 Å². The molecule has 0 atom stereocenters. The van der Waals surface area contributed by atoms with E-state index in [1.54, 1.807) is 18.1 Å². The zero-order valence-electron chi connectivity index (χ0n) is 10.1. The molecule has 0 aromatic carbocycles. The van der Waals surface area contributed by atoms with Crippen molar-refractivity contribution < 1.29 is 4.79 Å². The first-order valence-electron chi connectivity index (χ1n) is 5.62. The van der Waals surface area contributed by atoms with Crippen LogP contribution in [-0.2, 0) is 6.42 Å². The van der Waals surface area contributed by atoms with Gasteiger partial charge in [0, 0.05) is 31.9 Å². The van der Waals surface area contributed by atoms with Crippen molar-refractivity contribution in [3.8, 4) is 0 Å². The number of likely N-dealkylation sites (N-methyl/N-ethyl adjacent to an activating group) is 1. The minimum absolute atomic E-state index is 0.141. The molecular formula is C12H15N5O. The van der Waals surface area contributed by atoms with Crippen LogP contribution in [0.3, 0.4) is 0 Å². The number of pyridine rings is 1. The summed E-state index contributed by atoms with van der Waals surface area (Å²) in [5, 5.41) is 6.28. The first-order valence-corrected chi connectivity index (χ1v) is 5.62. The van der Waals surface area contributed by atoms with Gasteiger partial charge in [0.05, 0.1) is 6.20 Å². The highest BCUT2D eigenvalue weighted by Gasteiger charge is 2.16. The Morgan fingerprint density at radius 2 is 2.33 bits per heavy atom. The standard InChI is InChI=1S/C12H15N5O/c1-17(7-5-9-4-2-3-6-14-9)12(18)10-8-15-16-11(10)13/h2-4,6,8H,5,7H2,1H3,(H3,13,15,16). The lowest BCUT2D eigenvalue weighted by atomic mass is 10.2. The summed E-state index contributed by atoms with van der Waals surface area (Å²) in [5.74, 6) is 0.155. The SMILES string of the molecule is CN(CCc1ccccn1)C(=O)c1cn[nH]c1N. The van der Waals surface area contributed by atoms with E-state index in [-0.39, 0.29) is 5.91 Å². The fourth-order valence-electron chi connectivity index (χ4n) is 1.60. The zero-order valence-corrected chi connectivity index (χ0v) is 10.1. The topological polar surface area (TPSA) is 87.9 Å². The van der Waals surface area contributed by atoms with Crippen molar-refractivity contribution in [2.75, 3.05) is 19.3 Å². The van der Waals surface area contributed by atoms with Crippen molar-refractivity contribution in [2.24, 2.45) is 0 Å². The third-order valence-electron chi connectivity index (χ3n) is 2.68. The van der Waals surface area contributed by atoms with Gasteiger partial charge in [-0.05, 0) is 12.1 Å². The molecule has 0 saturated heterocycles. The van der Waals surface area contributed by atoms with Crippen molar-refractivity contribution in [3.63, 3.8) is 0 Å². The monoisotopic (exact) mass is 245 g/mol. The maximum atomic E-state index is 12.0. The van der Waals surface area contributed by atoms with Crippen molar-refractivity contribution in [1.82, 2.24) is 20.1 Å². The van der Waals surface area contributed by atoms with E-state index in [2.05, 4.69) is 15.2 Å². The number of aromatic nitrogens is 3. The van der Waals surface area contributed by atoms with E-state index in [4.69, 9.17) is 5.73 Å². The molecule has 2 rings (SSSR count). The molecule has 3 N–H and O–H groups in total. The summed E-state index contributed by atoms with van der Waals surface area (Å²) >= 11 is 0. The Balaban J connectivity index is 1.95. The van der Waals surface area contributed by atoms with Gasteiger partial charge in [-0.25, -0.2) is 0 Å². The molecule has 0 unspecified atom stereocenters. The average molecular weight is 245 g/mol. The molecule has 2 aromatic rings. The smallest absolute Gasteiger partial charge is 0.258 e. The van der Waals surface area contributed by atoms with Crippen molar-refractivity contribution >= 4 is 11.7 Å². The number of H-pyrrole nitrogens is 1. The van der Waals surface area contributed by atoms with Gasteiger partial charge < -0.3 is 10.6 Å². The van der Waals surface area contributed by atoms with Gasteiger partial charge in [0.1, 0.15) is 11.4 Å². The molecule has 0 radical (unpaired) electrons. The summed E-state index contributed by atoms with van der Waals surface area (Å²) in [4.78, 5) is 17.8. The number of hydrogen-bond acceptors (Lipinski definition) is 4. The highest BCUT2D eigenvalue weighted by Crippen LogP contribution is 2.09. The first kappa shape index (κ1) is 12.1. The van der Waals surface area contributed by atoms with Crippen LogP contribution in [0.1, 0.15) is 16.1 Å². The summed E-state index contributed by atoms with van der Waals surface area (Å²) in [5.41, 5.74) is 6.97. The molecule has 2 aromatic heterocycles. The number of aromatic amines is 1. The largest absolute Gasteiger partial charge is 0.383 e. The molecule has 0 aliphatic heterocycles. The molecule has 18 heavy (non-hydrogen) atoms. The number of anilines is 1. The van der Waals surface area contributed by atoms with E-state index < -0.39 is 0 Å². The summed E-state index contributed by atoms with van der Waals surface area (Å²) in [6.07, 6.45) is 3.89. The van der Waals surface area contributed by atoms with Crippen LogP contribution >= 0.6 is 0 Å². The zero-order chi connectivity index (χ0) is 13.0. The lowest BCUT2D eigenvalue weighted by Crippen LogP contribution is -2.29. The third kappa shape index (κ3) is 2.65. The molecule has 6 nitrogen and oxygen atoms in total. The highest BCUT2D eigenvalue weighted by molar-refractivity contribution is 5.97. The quantitative estimate of drug-likeness (QED) is 0.830. The highest BCUT2D eigenvalue weighted by atomic mass is 16.2. The molecule has 0 aliphatic carbocycles. The van der Waals surface area contributed by atoms with Crippen LogP contribution in [0, 0.1) is 0 Å². The molecule has 0 bridgehead atoms. The van der Waals surface area contributed by atoms with Crippen LogP contribution in [0.2, 0.25) is 0 Å². The lowest BCUT2D eigenvalue weighted by molar-refractivity contribution is 0.0797. The number of hydrogen-bond donors (Lipinski definition) is 2. The molecule has 0 spiro atoms. The molecule has 0 fully saturated rings. The van der Waals surface area contributed by atoms with E-state index >= 15 is 0 Å². The van der Waals surface area contributed by atoms with Crippen LogP contribution in [0.5, 0.6) is 0 Å².